The number of carbonyl (C=O) groups excluding carboxylic acids is 1. The Morgan fingerprint density at radius 3 is 2.52 bits per heavy atom. The number of aryl methyl sites for hydroxylation is 3. The minimum absolute atomic E-state index is 0.000998. The van der Waals surface area contributed by atoms with Gasteiger partial charge in [-0.15, -0.1) is 0 Å². The fourth-order valence-corrected chi connectivity index (χ4v) is 3.18. The highest BCUT2D eigenvalue weighted by atomic mass is 16.2. The Balaban J connectivity index is 1.81. The van der Waals surface area contributed by atoms with Gasteiger partial charge in [0.15, 0.2) is 0 Å². The predicted octanol–water partition coefficient (Wildman–Crippen LogP) is 4.02. The third-order valence-electron chi connectivity index (χ3n) is 4.77. The van der Waals surface area contributed by atoms with Gasteiger partial charge >= 0.3 is 0 Å². The highest BCUT2D eigenvalue weighted by Crippen LogP contribution is 2.21. The lowest BCUT2D eigenvalue weighted by molar-refractivity contribution is 0.0691. The summed E-state index contributed by atoms with van der Waals surface area (Å²) in [7, 11) is 0. The quantitative estimate of drug-likeness (QED) is 0.918. The van der Waals surface area contributed by atoms with Crippen molar-refractivity contribution in [2.45, 2.75) is 40.5 Å². The van der Waals surface area contributed by atoms with Crippen molar-refractivity contribution in [1.29, 1.82) is 0 Å². The SMILES string of the molecule is Cc1ccc(Nc2nc(C)cc(C(=O)N3CCC(C)CC3)n2)c(C)c1. The molecule has 0 unspecified atom stereocenters. The van der Waals surface area contributed by atoms with Crippen LogP contribution in [-0.4, -0.2) is 33.9 Å². The molecule has 1 amide bonds. The monoisotopic (exact) mass is 338 g/mol. The topological polar surface area (TPSA) is 58.1 Å². The van der Waals surface area contributed by atoms with Crippen molar-refractivity contribution in [3.8, 4) is 0 Å². The smallest absolute Gasteiger partial charge is 0.272 e. The van der Waals surface area contributed by atoms with Gasteiger partial charge in [0, 0.05) is 24.5 Å². The average molecular weight is 338 g/mol. The molecule has 0 bridgehead atoms. The highest BCUT2D eigenvalue weighted by Gasteiger charge is 2.23. The minimum Gasteiger partial charge on any atom is -0.337 e. The van der Waals surface area contributed by atoms with E-state index in [4.69, 9.17) is 0 Å². The lowest BCUT2D eigenvalue weighted by Gasteiger charge is -2.30. The Kier molecular flexibility index (Phi) is 5.02. The summed E-state index contributed by atoms with van der Waals surface area (Å²) in [5.74, 6) is 1.17. The van der Waals surface area contributed by atoms with Crippen LogP contribution < -0.4 is 5.32 Å². The van der Waals surface area contributed by atoms with E-state index in [0.29, 0.717) is 17.6 Å². The second-order valence-electron chi connectivity index (χ2n) is 7.14. The molecule has 1 saturated heterocycles. The zero-order chi connectivity index (χ0) is 18.0. The second kappa shape index (κ2) is 7.21. The molecule has 0 spiro atoms. The van der Waals surface area contributed by atoms with Crippen LogP contribution >= 0.6 is 0 Å². The Morgan fingerprint density at radius 2 is 1.84 bits per heavy atom. The molecule has 0 atom stereocenters. The predicted molar refractivity (Wildman–Crippen MR) is 100 cm³/mol. The summed E-state index contributed by atoms with van der Waals surface area (Å²) in [5.41, 5.74) is 4.55. The zero-order valence-corrected chi connectivity index (χ0v) is 15.5. The molecule has 0 radical (unpaired) electrons. The van der Waals surface area contributed by atoms with Gasteiger partial charge in [-0.2, -0.15) is 0 Å². The average Bonchev–Trinajstić information content (AvgIpc) is 2.57. The van der Waals surface area contributed by atoms with Crippen molar-refractivity contribution >= 4 is 17.5 Å². The number of nitrogens with zero attached hydrogens (tertiary/aromatic N) is 3. The van der Waals surface area contributed by atoms with Crippen molar-refractivity contribution < 1.29 is 4.79 Å². The first kappa shape index (κ1) is 17.4. The van der Waals surface area contributed by atoms with Gasteiger partial charge in [-0.1, -0.05) is 24.6 Å². The molecule has 1 fully saturated rings. The number of anilines is 2. The van der Waals surface area contributed by atoms with Crippen molar-refractivity contribution in [2.75, 3.05) is 18.4 Å². The first-order chi connectivity index (χ1) is 11.9. The highest BCUT2D eigenvalue weighted by molar-refractivity contribution is 5.92. The molecule has 0 saturated carbocycles. The molecular weight excluding hydrogens is 312 g/mol. The molecule has 0 aliphatic carbocycles. The number of nitrogens with one attached hydrogen (secondary N) is 1. The molecule has 1 N–H and O–H groups in total. The zero-order valence-electron chi connectivity index (χ0n) is 15.5. The van der Waals surface area contributed by atoms with Crippen LogP contribution in [0.2, 0.25) is 0 Å². The first-order valence-corrected chi connectivity index (χ1v) is 8.91. The summed E-state index contributed by atoms with van der Waals surface area (Å²) in [6, 6.07) is 7.95. The Bertz CT molecular complexity index is 779. The summed E-state index contributed by atoms with van der Waals surface area (Å²) >= 11 is 0. The number of carbonyl (C=O) groups is 1. The maximum atomic E-state index is 12.8. The molecule has 132 valence electrons. The molecule has 1 aliphatic heterocycles. The van der Waals surface area contributed by atoms with Crippen LogP contribution in [0.5, 0.6) is 0 Å². The molecule has 3 rings (SSSR count). The standard InChI is InChI=1S/C20H26N4O/c1-13-7-9-24(10-8-13)19(25)18-12-16(4)21-20(23-18)22-17-6-5-14(2)11-15(17)3/h5-6,11-13H,7-10H2,1-4H3,(H,21,22,23). The molecule has 2 heterocycles. The summed E-state index contributed by atoms with van der Waals surface area (Å²) in [4.78, 5) is 23.6. The van der Waals surface area contributed by atoms with Crippen molar-refractivity contribution in [3.05, 3.63) is 46.8 Å². The molecule has 2 aromatic rings. The molecule has 5 nitrogen and oxygen atoms in total. The summed E-state index contributed by atoms with van der Waals surface area (Å²) in [6.07, 6.45) is 2.12. The van der Waals surface area contributed by atoms with E-state index in [1.165, 1.54) is 5.56 Å². The summed E-state index contributed by atoms with van der Waals surface area (Å²) < 4.78 is 0. The van der Waals surface area contributed by atoms with Crippen LogP contribution in [-0.2, 0) is 0 Å². The lowest BCUT2D eigenvalue weighted by atomic mass is 9.99. The molecule has 1 aliphatic rings. The van der Waals surface area contributed by atoms with Crippen LogP contribution in [0.4, 0.5) is 11.6 Å². The van der Waals surface area contributed by atoms with E-state index in [9.17, 15) is 4.79 Å². The number of amides is 1. The Labute approximate surface area is 149 Å². The van der Waals surface area contributed by atoms with Gasteiger partial charge in [0.2, 0.25) is 5.95 Å². The van der Waals surface area contributed by atoms with Crippen LogP contribution in [0.3, 0.4) is 0 Å². The van der Waals surface area contributed by atoms with Gasteiger partial charge in [-0.25, -0.2) is 9.97 Å². The third kappa shape index (κ3) is 4.16. The minimum atomic E-state index is 0.000998. The van der Waals surface area contributed by atoms with Crippen molar-refractivity contribution in [1.82, 2.24) is 14.9 Å². The van der Waals surface area contributed by atoms with E-state index >= 15 is 0 Å². The lowest BCUT2D eigenvalue weighted by Crippen LogP contribution is -2.38. The maximum absolute atomic E-state index is 12.8. The number of piperidine rings is 1. The van der Waals surface area contributed by atoms with E-state index in [-0.39, 0.29) is 5.91 Å². The molecule has 25 heavy (non-hydrogen) atoms. The van der Waals surface area contributed by atoms with Crippen LogP contribution in [0.25, 0.3) is 0 Å². The van der Waals surface area contributed by atoms with E-state index in [0.717, 1.165) is 42.9 Å². The molecule has 1 aromatic carbocycles. The Morgan fingerprint density at radius 1 is 1.12 bits per heavy atom. The summed E-state index contributed by atoms with van der Waals surface area (Å²) in [5, 5.41) is 3.25. The van der Waals surface area contributed by atoms with E-state index in [2.05, 4.69) is 35.2 Å². The second-order valence-corrected chi connectivity index (χ2v) is 7.14. The number of benzene rings is 1. The van der Waals surface area contributed by atoms with Gasteiger partial charge in [0.25, 0.3) is 5.91 Å². The van der Waals surface area contributed by atoms with Gasteiger partial charge in [-0.05, 0) is 57.2 Å². The largest absolute Gasteiger partial charge is 0.337 e. The molecule has 1 aromatic heterocycles. The number of aromatic nitrogens is 2. The normalized spacial score (nSPS) is 15.3. The van der Waals surface area contributed by atoms with E-state index in [1.54, 1.807) is 6.07 Å². The molecule has 5 heteroatoms. The van der Waals surface area contributed by atoms with Gasteiger partial charge in [0.1, 0.15) is 5.69 Å². The number of rotatable bonds is 3. The fourth-order valence-electron chi connectivity index (χ4n) is 3.18. The van der Waals surface area contributed by atoms with Crippen molar-refractivity contribution in [2.24, 2.45) is 5.92 Å². The number of hydrogen-bond donors (Lipinski definition) is 1. The van der Waals surface area contributed by atoms with Gasteiger partial charge in [-0.3, -0.25) is 4.79 Å². The number of hydrogen-bond acceptors (Lipinski definition) is 4. The van der Waals surface area contributed by atoms with E-state index in [1.807, 2.05) is 30.9 Å². The Hall–Kier alpha value is -2.43. The van der Waals surface area contributed by atoms with Crippen molar-refractivity contribution in [3.63, 3.8) is 0 Å². The van der Waals surface area contributed by atoms with Gasteiger partial charge in [0.05, 0.1) is 0 Å². The number of likely N-dealkylation sites (tertiary alicyclic amines) is 1. The van der Waals surface area contributed by atoms with E-state index < -0.39 is 0 Å². The van der Waals surface area contributed by atoms with Crippen LogP contribution in [0.15, 0.2) is 24.3 Å². The van der Waals surface area contributed by atoms with Crippen LogP contribution in [0, 0.1) is 26.7 Å². The van der Waals surface area contributed by atoms with Crippen LogP contribution in [0.1, 0.15) is 47.1 Å². The van der Waals surface area contributed by atoms with Gasteiger partial charge < -0.3 is 10.2 Å². The first-order valence-electron chi connectivity index (χ1n) is 8.91. The maximum Gasteiger partial charge on any atom is 0.272 e. The molecular formula is C20H26N4O. The summed E-state index contributed by atoms with van der Waals surface area (Å²) in [6.45, 7) is 9.86. The fraction of sp³-hybridized carbons (Fsp3) is 0.450. The third-order valence-corrected chi connectivity index (χ3v) is 4.77.